The Labute approximate surface area is 78.3 Å². The average Bonchev–Trinajstić information content (AvgIpc) is 1.97. The van der Waals surface area contributed by atoms with Gasteiger partial charge in [0.15, 0.2) is 5.44 Å². The highest BCUT2D eigenvalue weighted by Crippen LogP contribution is 2.10. The first-order chi connectivity index (χ1) is 5.18. The van der Waals surface area contributed by atoms with Gasteiger partial charge in [-0.25, -0.2) is 4.79 Å². The average molecular weight is 243 g/mol. The molecule has 0 bridgehead atoms. The van der Waals surface area contributed by atoms with Crippen LogP contribution < -0.4 is 0 Å². The van der Waals surface area contributed by atoms with Crippen LogP contribution in [0.2, 0.25) is 0 Å². The molecular weight excluding hydrogens is 232 g/mol. The minimum atomic E-state index is -1.26. The lowest BCUT2D eigenvalue weighted by molar-refractivity contribution is -0.141. The summed E-state index contributed by atoms with van der Waals surface area (Å²) in [6.07, 6.45) is 1.94. The van der Waals surface area contributed by atoms with Gasteiger partial charge in [-0.1, -0.05) is 15.9 Å². The topological polar surface area (TPSA) is 57.5 Å². The van der Waals surface area contributed by atoms with E-state index in [4.69, 9.17) is 10.2 Å². The molecule has 5 heteroatoms. The number of carboxylic acid groups (broad SMARTS) is 1. The Hall–Kier alpha value is 0.260. The molecule has 0 aliphatic carbocycles. The quantitative estimate of drug-likeness (QED) is 0.419. The number of alkyl halides is 1. The van der Waals surface area contributed by atoms with E-state index in [-0.39, 0.29) is 0 Å². The summed E-state index contributed by atoms with van der Waals surface area (Å²) in [7, 11) is 0. The summed E-state index contributed by atoms with van der Waals surface area (Å²) in [5, 5.41) is 18.0. The molecule has 11 heavy (non-hydrogen) atoms. The number of aliphatic carboxylic acids is 1. The number of hydrogen-bond donors (Lipinski definition) is 2. The van der Waals surface area contributed by atoms with Gasteiger partial charge in [0.1, 0.15) is 0 Å². The molecule has 0 amide bonds. The number of halogens is 1. The highest BCUT2D eigenvalue weighted by atomic mass is 79.9. The van der Waals surface area contributed by atoms with E-state index in [1.54, 1.807) is 0 Å². The fourth-order valence-corrected chi connectivity index (χ4v) is 1.60. The predicted molar refractivity (Wildman–Crippen MR) is 49.1 cm³/mol. The molecule has 0 aliphatic rings. The van der Waals surface area contributed by atoms with Gasteiger partial charge in [-0.15, -0.1) is 11.8 Å². The predicted octanol–water partition coefficient (Wildman–Crippen LogP) is 1.30. The summed E-state index contributed by atoms with van der Waals surface area (Å²) < 4.78 is 0. The van der Waals surface area contributed by atoms with Crippen molar-refractivity contribution in [3.63, 3.8) is 0 Å². The zero-order valence-corrected chi connectivity index (χ0v) is 8.40. The van der Waals surface area contributed by atoms with Crippen molar-refractivity contribution in [1.82, 2.24) is 0 Å². The van der Waals surface area contributed by atoms with Crippen molar-refractivity contribution in [1.29, 1.82) is 0 Å². The first-order valence-corrected chi connectivity index (χ1v) is 5.44. The van der Waals surface area contributed by atoms with Gasteiger partial charge >= 0.3 is 5.97 Å². The maximum absolute atomic E-state index is 10.1. The molecule has 0 rings (SSSR count). The Balaban J connectivity index is 3.17. The van der Waals surface area contributed by atoms with Crippen LogP contribution in [0.15, 0.2) is 0 Å². The molecule has 0 aromatic rings. The van der Waals surface area contributed by atoms with Gasteiger partial charge in [0.25, 0.3) is 0 Å². The van der Waals surface area contributed by atoms with Crippen LogP contribution in [0.25, 0.3) is 0 Å². The summed E-state index contributed by atoms with van der Waals surface area (Å²) >= 11 is 4.32. The molecule has 3 nitrogen and oxygen atoms in total. The fourth-order valence-electron chi connectivity index (χ4n) is 0.463. The number of unbranched alkanes of at least 4 members (excludes halogenated alkanes) is 1. The Morgan fingerprint density at radius 2 is 2.18 bits per heavy atom. The molecule has 0 aliphatic heterocycles. The molecule has 1 unspecified atom stereocenters. The smallest absolute Gasteiger partial charge is 0.343 e. The third kappa shape index (κ3) is 6.65. The van der Waals surface area contributed by atoms with Crippen LogP contribution in [0.5, 0.6) is 0 Å². The van der Waals surface area contributed by atoms with Gasteiger partial charge in [0, 0.05) is 5.33 Å². The maximum Gasteiger partial charge on any atom is 0.343 e. The Morgan fingerprint density at radius 1 is 1.55 bits per heavy atom. The third-order valence-corrected chi connectivity index (χ3v) is 2.62. The molecule has 0 spiro atoms. The molecule has 0 heterocycles. The lowest BCUT2D eigenvalue weighted by Gasteiger charge is -2.03. The zero-order valence-electron chi connectivity index (χ0n) is 5.99. The summed E-state index contributed by atoms with van der Waals surface area (Å²) in [4.78, 5) is 10.1. The second-order valence-electron chi connectivity index (χ2n) is 1.96. The van der Waals surface area contributed by atoms with Crippen LogP contribution in [-0.2, 0) is 4.79 Å². The standard InChI is InChI=1S/C6H11BrO3S/c7-3-1-2-4-11-6(10)5(8)9/h6,10H,1-4H2,(H,8,9). The van der Waals surface area contributed by atoms with Crippen molar-refractivity contribution in [2.24, 2.45) is 0 Å². The van der Waals surface area contributed by atoms with Gasteiger partial charge in [0.05, 0.1) is 0 Å². The first-order valence-electron chi connectivity index (χ1n) is 3.27. The van der Waals surface area contributed by atoms with Crippen LogP contribution in [0.4, 0.5) is 0 Å². The Morgan fingerprint density at radius 3 is 2.64 bits per heavy atom. The van der Waals surface area contributed by atoms with E-state index in [2.05, 4.69) is 15.9 Å². The molecular formula is C6H11BrO3S. The minimum absolute atomic E-state index is 0.694. The van der Waals surface area contributed by atoms with E-state index in [0.29, 0.717) is 5.75 Å². The SMILES string of the molecule is O=C(O)C(O)SCCCCBr. The molecule has 0 saturated carbocycles. The zero-order chi connectivity index (χ0) is 8.69. The van der Waals surface area contributed by atoms with Gasteiger partial charge in [-0.05, 0) is 18.6 Å². The summed E-state index contributed by atoms with van der Waals surface area (Å²) in [6.45, 7) is 0. The molecule has 2 N–H and O–H groups in total. The number of aliphatic hydroxyl groups excluding tert-OH is 1. The first kappa shape index (κ1) is 11.3. The molecule has 0 radical (unpaired) electrons. The van der Waals surface area contributed by atoms with Crippen molar-refractivity contribution >= 4 is 33.7 Å². The third-order valence-electron chi connectivity index (χ3n) is 1.01. The number of carboxylic acids is 1. The second-order valence-corrected chi connectivity index (χ2v) is 3.94. The Kier molecular flexibility index (Phi) is 7.10. The van der Waals surface area contributed by atoms with Gasteiger partial charge in [-0.2, -0.15) is 0 Å². The summed E-state index contributed by atoms with van der Waals surface area (Å²) in [6, 6.07) is 0. The molecule has 66 valence electrons. The van der Waals surface area contributed by atoms with Crippen LogP contribution in [0.3, 0.4) is 0 Å². The van der Waals surface area contributed by atoms with E-state index in [1.807, 2.05) is 0 Å². The molecule has 0 fully saturated rings. The van der Waals surface area contributed by atoms with Gasteiger partial charge in [0.2, 0.25) is 0 Å². The van der Waals surface area contributed by atoms with Crippen LogP contribution in [0.1, 0.15) is 12.8 Å². The number of rotatable bonds is 6. The van der Waals surface area contributed by atoms with Gasteiger partial charge in [-0.3, -0.25) is 0 Å². The number of thioether (sulfide) groups is 1. The largest absolute Gasteiger partial charge is 0.479 e. The van der Waals surface area contributed by atoms with E-state index in [9.17, 15) is 4.79 Å². The van der Waals surface area contributed by atoms with Crippen LogP contribution >= 0.6 is 27.7 Å². The highest BCUT2D eigenvalue weighted by molar-refractivity contribution is 9.09. The fraction of sp³-hybridized carbons (Fsp3) is 0.833. The number of carbonyl (C=O) groups is 1. The van der Waals surface area contributed by atoms with E-state index in [1.165, 1.54) is 0 Å². The lowest BCUT2D eigenvalue weighted by atomic mass is 10.4. The highest BCUT2D eigenvalue weighted by Gasteiger charge is 2.11. The van der Waals surface area contributed by atoms with Crippen LogP contribution in [0, 0.1) is 0 Å². The number of aliphatic hydroxyl groups is 1. The lowest BCUT2D eigenvalue weighted by Crippen LogP contribution is -2.15. The normalized spacial score (nSPS) is 12.9. The maximum atomic E-state index is 10.1. The van der Waals surface area contributed by atoms with Crippen LogP contribution in [-0.4, -0.2) is 32.7 Å². The Bertz CT molecular complexity index is 120. The summed E-state index contributed by atoms with van der Waals surface area (Å²) in [5.74, 6) is -0.465. The molecule has 1 atom stereocenters. The van der Waals surface area contributed by atoms with Crippen molar-refractivity contribution < 1.29 is 15.0 Å². The second kappa shape index (κ2) is 6.94. The van der Waals surface area contributed by atoms with E-state index < -0.39 is 11.4 Å². The monoisotopic (exact) mass is 242 g/mol. The van der Waals surface area contributed by atoms with E-state index >= 15 is 0 Å². The molecule has 0 aromatic heterocycles. The number of hydrogen-bond acceptors (Lipinski definition) is 3. The van der Waals surface area contributed by atoms with Crippen molar-refractivity contribution in [3.05, 3.63) is 0 Å². The summed E-state index contributed by atoms with van der Waals surface area (Å²) in [5.41, 5.74) is -1.26. The minimum Gasteiger partial charge on any atom is -0.479 e. The van der Waals surface area contributed by atoms with Crippen molar-refractivity contribution in [3.8, 4) is 0 Å². The van der Waals surface area contributed by atoms with E-state index in [0.717, 1.165) is 29.9 Å². The van der Waals surface area contributed by atoms with Gasteiger partial charge < -0.3 is 10.2 Å². The molecule has 0 aromatic carbocycles. The van der Waals surface area contributed by atoms with Crippen molar-refractivity contribution in [2.45, 2.75) is 18.3 Å². The molecule has 0 saturated heterocycles. The van der Waals surface area contributed by atoms with Crippen molar-refractivity contribution in [2.75, 3.05) is 11.1 Å².